The summed E-state index contributed by atoms with van der Waals surface area (Å²) in [6.07, 6.45) is 6.90. The molecule has 1 aliphatic heterocycles. The van der Waals surface area contributed by atoms with Crippen molar-refractivity contribution in [1.82, 2.24) is 14.9 Å². The van der Waals surface area contributed by atoms with E-state index in [0.717, 1.165) is 60.5 Å². The first-order valence-corrected chi connectivity index (χ1v) is 10.5. The van der Waals surface area contributed by atoms with Crippen LogP contribution in [0.25, 0.3) is 0 Å². The molecule has 0 radical (unpaired) electrons. The lowest BCUT2D eigenvalue weighted by Gasteiger charge is -2.29. The van der Waals surface area contributed by atoms with Crippen LogP contribution in [0.2, 0.25) is 0 Å². The molecular formula is C21H26BrN3O. The average Bonchev–Trinajstić information content (AvgIpc) is 2.64. The summed E-state index contributed by atoms with van der Waals surface area (Å²) < 4.78 is 1.16. The first kappa shape index (κ1) is 17.9. The zero-order valence-electron chi connectivity index (χ0n) is 15.4. The molecule has 0 bridgehead atoms. The number of nitrogens with zero attached hydrogens (tertiary/aromatic N) is 2. The predicted octanol–water partition coefficient (Wildman–Crippen LogP) is 4.45. The first-order valence-electron chi connectivity index (χ1n) is 9.69. The highest BCUT2D eigenvalue weighted by Gasteiger charge is 2.24. The molecule has 1 aliphatic carbocycles. The summed E-state index contributed by atoms with van der Waals surface area (Å²) >= 11 is 3.68. The van der Waals surface area contributed by atoms with Crippen molar-refractivity contribution in [1.29, 1.82) is 0 Å². The van der Waals surface area contributed by atoms with Crippen LogP contribution in [0.4, 0.5) is 0 Å². The van der Waals surface area contributed by atoms with Crippen molar-refractivity contribution in [2.75, 3.05) is 6.54 Å². The van der Waals surface area contributed by atoms with Crippen molar-refractivity contribution < 1.29 is 0 Å². The zero-order chi connectivity index (χ0) is 18.1. The van der Waals surface area contributed by atoms with E-state index >= 15 is 0 Å². The van der Waals surface area contributed by atoms with Gasteiger partial charge < -0.3 is 4.98 Å². The normalized spacial score (nSPS) is 18.7. The monoisotopic (exact) mass is 415 g/mol. The van der Waals surface area contributed by atoms with Crippen LogP contribution in [0, 0.1) is 6.92 Å². The third kappa shape index (κ3) is 3.79. The quantitative estimate of drug-likeness (QED) is 0.805. The molecule has 1 N–H and O–H groups in total. The van der Waals surface area contributed by atoms with E-state index in [2.05, 4.69) is 50.9 Å². The van der Waals surface area contributed by atoms with Gasteiger partial charge in [-0.1, -0.05) is 47.3 Å². The van der Waals surface area contributed by atoms with Gasteiger partial charge in [0.15, 0.2) is 0 Å². The highest BCUT2D eigenvalue weighted by atomic mass is 79.9. The lowest BCUT2D eigenvalue weighted by atomic mass is 9.88. The number of aromatic nitrogens is 2. The number of benzene rings is 1. The Morgan fingerprint density at radius 1 is 1.27 bits per heavy atom. The number of hydrogen-bond donors (Lipinski definition) is 1. The van der Waals surface area contributed by atoms with E-state index in [1.165, 1.54) is 30.4 Å². The molecule has 2 aliphatic rings. The van der Waals surface area contributed by atoms with E-state index in [0.29, 0.717) is 5.92 Å². The van der Waals surface area contributed by atoms with Gasteiger partial charge in [0.1, 0.15) is 5.82 Å². The fourth-order valence-electron chi connectivity index (χ4n) is 4.24. The molecule has 138 valence electrons. The van der Waals surface area contributed by atoms with Gasteiger partial charge in [0.25, 0.3) is 5.56 Å². The van der Waals surface area contributed by atoms with Crippen LogP contribution in [0.5, 0.6) is 0 Å². The topological polar surface area (TPSA) is 49.0 Å². The maximum atomic E-state index is 12.6. The Labute approximate surface area is 163 Å². The maximum absolute atomic E-state index is 12.6. The number of H-pyrrole nitrogens is 1. The molecule has 5 heteroatoms. The second-order valence-electron chi connectivity index (χ2n) is 7.77. The van der Waals surface area contributed by atoms with Crippen LogP contribution < -0.4 is 5.56 Å². The Hall–Kier alpha value is -1.46. The van der Waals surface area contributed by atoms with E-state index in [4.69, 9.17) is 4.98 Å². The number of hydrogen-bond acceptors (Lipinski definition) is 3. The van der Waals surface area contributed by atoms with E-state index in [1.54, 1.807) is 0 Å². The Morgan fingerprint density at radius 3 is 2.85 bits per heavy atom. The number of aromatic amines is 1. The molecule has 0 spiro atoms. The van der Waals surface area contributed by atoms with Crippen LogP contribution in [-0.4, -0.2) is 21.4 Å². The van der Waals surface area contributed by atoms with Gasteiger partial charge in [0.05, 0.1) is 5.69 Å². The van der Waals surface area contributed by atoms with Gasteiger partial charge in [0, 0.05) is 35.6 Å². The summed E-state index contributed by atoms with van der Waals surface area (Å²) in [5.74, 6) is 1.36. The van der Waals surface area contributed by atoms with Gasteiger partial charge in [-0.2, -0.15) is 0 Å². The molecule has 1 fully saturated rings. The van der Waals surface area contributed by atoms with Crippen LogP contribution >= 0.6 is 15.9 Å². The van der Waals surface area contributed by atoms with Crippen molar-refractivity contribution in [3.8, 4) is 0 Å². The Bertz CT molecular complexity index is 855. The minimum absolute atomic E-state index is 0.0896. The van der Waals surface area contributed by atoms with E-state index in [9.17, 15) is 4.79 Å². The van der Waals surface area contributed by atoms with Crippen molar-refractivity contribution in [2.45, 2.75) is 64.5 Å². The second kappa shape index (κ2) is 7.65. The summed E-state index contributed by atoms with van der Waals surface area (Å²) in [6.45, 7) is 4.66. The summed E-state index contributed by atoms with van der Waals surface area (Å²) in [6, 6.07) is 6.51. The molecule has 1 aromatic heterocycles. The maximum Gasteiger partial charge on any atom is 0.254 e. The molecule has 1 saturated carbocycles. The summed E-state index contributed by atoms with van der Waals surface area (Å²) in [5.41, 5.74) is 4.52. The number of rotatable bonds is 3. The zero-order valence-corrected chi connectivity index (χ0v) is 16.9. The largest absolute Gasteiger partial charge is 0.310 e. The highest BCUT2D eigenvalue weighted by molar-refractivity contribution is 9.10. The third-order valence-corrected chi connectivity index (χ3v) is 6.50. The van der Waals surface area contributed by atoms with Crippen LogP contribution in [0.15, 0.2) is 27.5 Å². The molecule has 2 aromatic rings. The SMILES string of the molecule is Cc1ccc(CN2CCc3c(nc(C4CCCCC4)[nH]c3=O)C2)c(Br)c1. The number of fused-ring (bicyclic) bond motifs is 1. The summed E-state index contributed by atoms with van der Waals surface area (Å²) in [4.78, 5) is 23.0. The highest BCUT2D eigenvalue weighted by Crippen LogP contribution is 2.31. The van der Waals surface area contributed by atoms with Crippen molar-refractivity contribution in [3.05, 3.63) is 61.2 Å². The number of nitrogens with one attached hydrogen (secondary N) is 1. The molecule has 4 rings (SSSR count). The smallest absolute Gasteiger partial charge is 0.254 e. The van der Waals surface area contributed by atoms with Crippen molar-refractivity contribution in [3.63, 3.8) is 0 Å². The number of aryl methyl sites for hydroxylation is 1. The fraction of sp³-hybridized carbons (Fsp3) is 0.524. The average molecular weight is 416 g/mol. The Balaban J connectivity index is 1.55. The molecule has 0 amide bonds. The molecule has 0 unspecified atom stereocenters. The van der Waals surface area contributed by atoms with E-state index in [1.807, 2.05) is 0 Å². The van der Waals surface area contributed by atoms with Crippen molar-refractivity contribution >= 4 is 15.9 Å². The predicted molar refractivity (Wildman–Crippen MR) is 107 cm³/mol. The summed E-state index contributed by atoms with van der Waals surface area (Å²) in [5, 5.41) is 0. The molecule has 4 nitrogen and oxygen atoms in total. The molecule has 0 saturated heterocycles. The van der Waals surface area contributed by atoms with Gasteiger partial charge in [0.2, 0.25) is 0 Å². The van der Waals surface area contributed by atoms with Gasteiger partial charge in [-0.3, -0.25) is 9.69 Å². The van der Waals surface area contributed by atoms with Gasteiger partial charge in [-0.25, -0.2) is 4.98 Å². The molecule has 2 heterocycles. The van der Waals surface area contributed by atoms with Crippen LogP contribution in [0.1, 0.15) is 66.2 Å². The molecular weight excluding hydrogens is 390 g/mol. The lowest BCUT2D eigenvalue weighted by molar-refractivity contribution is 0.239. The Kier molecular flexibility index (Phi) is 5.28. The van der Waals surface area contributed by atoms with Crippen LogP contribution in [-0.2, 0) is 19.5 Å². The van der Waals surface area contributed by atoms with Gasteiger partial charge >= 0.3 is 0 Å². The molecule has 0 atom stereocenters. The fourth-order valence-corrected chi connectivity index (χ4v) is 4.86. The van der Waals surface area contributed by atoms with E-state index in [-0.39, 0.29) is 5.56 Å². The Morgan fingerprint density at radius 2 is 2.08 bits per heavy atom. The minimum Gasteiger partial charge on any atom is -0.310 e. The van der Waals surface area contributed by atoms with Gasteiger partial charge in [-0.05, 0) is 43.4 Å². The first-order chi connectivity index (χ1) is 12.6. The van der Waals surface area contributed by atoms with Gasteiger partial charge in [-0.15, -0.1) is 0 Å². The minimum atomic E-state index is 0.0896. The van der Waals surface area contributed by atoms with E-state index < -0.39 is 0 Å². The number of halogens is 1. The summed E-state index contributed by atoms with van der Waals surface area (Å²) in [7, 11) is 0. The van der Waals surface area contributed by atoms with Crippen molar-refractivity contribution in [2.24, 2.45) is 0 Å². The molecule has 1 aromatic carbocycles. The third-order valence-electron chi connectivity index (χ3n) is 5.77. The second-order valence-corrected chi connectivity index (χ2v) is 8.62. The standard InChI is InChI=1S/C21H26BrN3O/c1-14-7-8-16(18(22)11-14)12-25-10-9-17-19(13-25)23-20(24-21(17)26)15-5-3-2-4-6-15/h7-8,11,15H,2-6,9-10,12-13H2,1H3,(H,23,24,26). The molecule has 26 heavy (non-hydrogen) atoms. The lowest BCUT2D eigenvalue weighted by Crippen LogP contribution is -2.35. The van der Waals surface area contributed by atoms with Crippen LogP contribution in [0.3, 0.4) is 0 Å².